The van der Waals surface area contributed by atoms with E-state index >= 15 is 0 Å². The summed E-state index contributed by atoms with van der Waals surface area (Å²) in [6, 6.07) is 51.6. The van der Waals surface area contributed by atoms with Crippen LogP contribution in [0, 0.1) is 28.6 Å². The zero-order chi connectivity index (χ0) is 33.1. The SMILES string of the molecule is CC1C(c2cc(C#N)c(-n3c4ccccc4c4ccccc43)c(C#N)c2)C=CCC1c1ccccc1-n1c2ccccc2c2ccccc21. The Morgan fingerprint density at radius 3 is 1.53 bits per heavy atom. The molecule has 49 heavy (non-hydrogen) atoms. The summed E-state index contributed by atoms with van der Waals surface area (Å²) in [6.45, 7) is 2.32. The van der Waals surface area contributed by atoms with Gasteiger partial charge in [0.2, 0.25) is 0 Å². The number of para-hydroxylation sites is 5. The third-order valence-corrected chi connectivity index (χ3v) is 10.7. The van der Waals surface area contributed by atoms with Gasteiger partial charge in [0, 0.05) is 33.2 Å². The Hall–Kier alpha value is -6.36. The molecule has 1 aliphatic rings. The van der Waals surface area contributed by atoms with Crippen LogP contribution in [0.15, 0.2) is 146 Å². The number of nitrogens with zero attached hydrogens (tertiary/aromatic N) is 4. The van der Waals surface area contributed by atoms with E-state index in [-0.39, 0.29) is 17.8 Å². The zero-order valence-electron chi connectivity index (χ0n) is 27.1. The number of rotatable bonds is 4. The summed E-state index contributed by atoms with van der Waals surface area (Å²) in [6.07, 6.45) is 5.49. The average Bonchev–Trinajstić information content (AvgIpc) is 3.67. The summed E-state index contributed by atoms with van der Waals surface area (Å²) in [4.78, 5) is 0. The van der Waals surface area contributed by atoms with Gasteiger partial charge in [-0.2, -0.15) is 10.5 Å². The molecule has 0 N–H and O–H groups in total. The summed E-state index contributed by atoms with van der Waals surface area (Å²) in [5, 5.41) is 25.9. The molecule has 0 fully saturated rings. The molecule has 0 saturated heterocycles. The Labute approximate surface area is 285 Å². The second-order valence-corrected chi connectivity index (χ2v) is 13.1. The lowest BCUT2D eigenvalue weighted by Crippen LogP contribution is -2.22. The Bertz CT molecular complexity index is 2570. The third-order valence-electron chi connectivity index (χ3n) is 10.7. The van der Waals surface area contributed by atoms with Crippen LogP contribution in [-0.2, 0) is 0 Å². The standard InChI is InChI=1S/C45H32N4/c1-29-33(30-25-31(27-46)45(32(26-30)28-47)49-43-23-10-5-16-38(43)39-17-6-11-24-44(39)49)18-12-19-34(29)35-13-2-7-20-40(35)48-41-21-8-3-14-36(41)37-15-4-9-22-42(37)48/h2-18,20-26,29,33-34H,19H2,1H3. The first-order valence-corrected chi connectivity index (χ1v) is 16.9. The van der Waals surface area contributed by atoms with Crippen molar-refractivity contribution < 1.29 is 0 Å². The molecule has 8 aromatic rings. The molecule has 3 atom stereocenters. The van der Waals surface area contributed by atoms with Crippen LogP contribution in [0.4, 0.5) is 0 Å². The van der Waals surface area contributed by atoms with Crippen LogP contribution in [0.25, 0.3) is 55.0 Å². The lowest BCUT2D eigenvalue weighted by Gasteiger charge is -2.34. The molecular weight excluding hydrogens is 597 g/mol. The Kier molecular flexibility index (Phi) is 6.71. The average molecular weight is 629 g/mol. The lowest BCUT2D eigenvalue weighted by atomic mass is 9.70. The van der Waals surface area contributed by atoms with Gasteiger partial charge in [-0.15, -0.1) is 0 Å². The Morgan fingerprint density at radius 1 is 0.571 bits per heavy atom. The van der Waals surface area contributed by atoms with E-state index in [1.807, 2.05) is 36.4 Å². The van der Waals surface area contributed by atoms with Gasteiger partial charge in [-0.05, 0) is 71.8 Å². The van der Waals surface area contributed by atoms with E-state index in [0.29, 0.717) is 16.8 Å². The highest BCUT2D eigenvalue weighted by Crippen LogP contribution is 2.46. The van der Waals surface area contributed by atoms with Gasteiger partial charge in [0.1, 0.15) is 12.1 Å². The molecular formula is C45H32N4. The molecule has 1 aliphatic carbocycles. The highest BCUT2D eigenvalue weighted by molar-refractivity contribution is 6.10. The van der Waals surface area contributed by atoms with Crippen LogP contribution in [0.5, 0.6) is 0 Å². The molecule has 0 radical (unpaired) electrons. The zero-order valence-corrected chi connectivity index (χ0v) is 27.1. The number of hydrogen-bond acceptors (Lipinski definition) is 2. The van der Waals surface area contributed by atoms with E-state index in [0.717, 1.165) is 33.8 Å². The van der Waals surface area contributed by atoms with Crippen LogP contribution in [0.1, 0.15) is 47.4 Å². The normalized spacial score (nSPS) is 17.5. The fourth-order valence-corrected chi connectivity index (χ4v) is 8.45. The van der Waals surface area contributed by atoms with E-state index in [4.69, 9.17) is 0 Å². The molecule has 2 heterocycles. The van der Waals surface area contributed by atoms with Crippen molar-refractivity contribution in [2.75, 3.05) is 0 Å². The monoisotopic (exact) mass is 628 g/mol. The van der Waals surface area contributed by atoms with Crippen molar-refractivity contribution in [3.05, 3.63) is 168 Å². The number of nitriles is 2. The number of aromatic nitrogens is 2. The fraction of sp³-hybridized carbons (Fsp3) is 0.111. The number of allylic oxidation sites excluding steroid dienone is 2. The largest absolute Gasteiger partial charge is 0.309 e. The summed E-state index contributed by atoms with van der Waals surface area (Å²) >= 11 is 0. The van der Waals surface area contributed by atoms with E-state index in [1.165, 1.54) is 33.1 Å². The quantitative estimate of drug-likeness (QED) is 0.182. The smallest absolute Gasteiger partial charge is 0.101 e. The van der Waals surface area contributed by atoms with Gasteiger partial charge in [0.05, 0.1) is 38.9 Å². The second kappa shape index (κ2) is 11.4. The van der Waals surface area contributed by atoms with Gasteiger partial charge >= 0.3 is 0 Å². The Balaban J connectivity index is 1.17. The first kappa shape index (κ1) is 28.8. The summed E-state index contributed by atoms with van der Waals surface area (Å²) < 4.78 is 4.51. The number of hydrogen-bond donors (Lipinski definition) is 0. The molecule has 0 saturated carbocycles. The van der Waals surface area contributed by atoms with Gasteiger partial charge in [0.25, 0.3) is 0 Å². The van der Waals surface area contributed by atoms with Crippen molar-refractivity contribution in [3.63, 3.8) is 0 Å². The molecule has 232 valence electrons. The molecule has 9 rings (SSSR count). The van der Waals surface area contributed by atoms with Crippen LogP contribution in [-0.4, -0.2) is 9.13 Å². The van der Waals surface area contributed by atoms with E-state index < -0.39 is 0 Å². The topological polar surface area (TPSA) is 57.4 Å². The summed E-state index contributed by atoms with van der Waals surface area (Å²) in [5.74, 6) is 0.493. The summed E-state index contributed by atoms with van der Waals surface area (Å²) in [5.41, 5.74) is 9.53. The fourth-order valence-electron chi connectivity index (χ4n) is 8.45. The predicted octanol–water partition coefficient (Wildman–Crippen LogP) is 11.1. The first-order chi connectivity index (χ1) is 24.2. The van der Waals surface area contributed by atoms with Crippen molar-refractivity contribution in [2.45, 2.75) is 25.2 Å². The third kappa shape index (κ3) is 4.35. The minimum absolute atomic E-state index is 0.0383. The molecule has 0 aliphatic heterocycles. The molecule has 0 amide bonds. The summed E-state index contributed by atoms with van der Waals surface area (Å²) in [7, 11) is 0. The molecule has 4 nitrogen and oxygen atoms in total. The van der Waals surface area contributed by atoms with Gasteiger partial charge in [-0.25, -0.2) is 0 Å². The van der Waals surface area contributed by atoms with Crippen LogP contribution >= 0.6 is 0 Å². The maximum absolute atomic E-state index is 10.6. The molecule has 0 bridgehead atoms. The Morgan fingerprint density at radius 2 is 1.02 bits per heavy atom. The molecule has 4 heteroatoms. The van der Waals surface area contributed by atoms with Gasteiger partial charge in [-0.1, -0.05) is 110 Å². The lowest BCUT2D eigenvalue weighted by molar-refractivity contribution is 0.404. The highest BCUT2D eigenvalue weighted by Gasteiger charge is 2.32. The van der Waals surface area contributed by atoms with Crippen LogP contribution in [0.3, 0.4) is 0 Å². The van der Waals surface area contributed by atoms with E-state index in [9.17, 15) is 10.5 Å². The van der Waals surface area contributed by atoms with E-state index in [2.05, 4.69) is 137 Å². The van der Waals surface area contributed by atoms with Gasteiger partial charge < -0.3 is 9.13 Å². The molecule has 6 aromatic carbocycles. The number of fused-ring (bicyclic) bond motifs is 6. The van der Waals surface area contributed by atoms with E-state index in [1.54, 1.807) is 0 Å². The maximum Gasteiger partial charge on any atom is 0.101 e. The van der Waals surface area contributed by atoms with Crippen molar-refractivity contribution in [3.8, 4) is 23.5 Å². The van der Waals surface area contributed by atoms with Crippen molar-refractivity contribution in [1.29, 1.82) is 10.5 Å². The van der Waals surface area contributed by atoms with Crippen molar-refractivity contribution in [2.24, 2.45) is 5.92 Å². The second-order valence-electron chi connectivity index (χ2n) is 13.1. The van der Waals surface area contributed by atoms with Crippen LogP contribution in [0.2, 0.25) is 0 Å². The number of benzene rings is 6. The molecule has 3 unspecified atom stereocenters. The predicted molar refractivity (Wildman–Crippen MR) is 199 cm³/mol. The van der Waals surface area contributed by atoms with Crippen LogP contribution < -0.4 is 0 Å². The minimum Gasteiger partial charge on any atom is -0.309 e. The molecule has 0 spiro atoms. The van der Waals surface area contributed by atoms with Gasteiger partial charge in [-0.3, -0.25) is 0 Å². The van der Waals surface area contributed by atoms with Crippen molar-refractivity contribution >= 4 is 43.6 Å². The van der Waals surface area contributed by atoms with Gasteiger partial charge in [0.15, 0.2) is 0 Å². The highest BCUT2D eigenvalue weighted by atomic mass is 15.0. The minimum atomic E-state index is 0.0383. The first-order valence-electron chi connectivity index (χ1n) is 16.9. The van der Waals surface area contributed by atoms with Crippen molar-refractivity contribution in [1.82, 2.24) is 9.13 Å². The molecule has 2 aromatic heterocycles. The maximum atomic E-state index is 10.6.